The van der Waals surface area contributed by atoms with E-state index < -0.39 is 0 Å². The van der Waals surface area contributed by atoms with E-state index in [4.69, 9.17) is 0 Å². The highest BCUT2D eigenvalue weighted by Crippen LogP contribution is 2.27. The molecule has 0 aliphatic heterocycles. The van der Waals surface area contributed by atoms with E-state index in [1.807, 2.05) is 103 Å². The number of hydrogen-bond acceptors (Lipinski definition) is 4. The maximum Gasteiger partial charge on any atom is 0.223 e. The van der Waals surface area contributed by atoms with Gasteiger partial charge in [0.05, 0.1) is 34.5 Å². The summed E-state index contributed by atoms with van der Waals surface area (Å²) in [7, 11) is 0. The fourth-order valence-electron chi connectivity index (χ4n) is 2.96. The Morgan fingerprint density at radius 1 is 0.821 bits per heavy atom. The van der Waals surface area contributed by atoms with Gasteiger partial charge in [-0.1, -0.05) is 54.6 Å². The lowest BCUT2D eigenvalue weighted by Crippen LogP contribution is -2.09. The highest BCUT2D eigenvalue weighted by molar-refractivity contribution is 5.86. The first-order valence-electron chi connectivity index (χ1n) is 9.02. The number of aromatic hydroxyl groups is 1. The van der Waals surface area contributed by atoms with Crippen molar-refractivity contribution in [2.75, 3.05) is 5.01 Å². The Hall–Kier alpha value is -3.86. The molecule has 4 rings (SSSR count). The summed E-state index contributed by atoms with van der Waals surface area (Å²) < 4.78 is 1.52. The van der Waals surface area contributed by atoms with Crippen LogP contribution in [-0.2, 0) is 0 Å². The van der Waals surface area contributed by atoms with Crippen molar-refractivity contribution in [1.29, 1.82) is 0 Å². The van der Waals surface area contributed by atoms with Gasteiger partial charge in [-0.2, -0.15) is 10.2 Å². The lowest BCUT2D eigenvalue weighted by molar-refractivity contribution is 0.433. The van der Waals surface area contributed by atoms with Crippen LogP contribution in [-0.4, -0.2) is 21.1 Å². The first kappa shape index (κ1) is 17.5. The Morgan fingerprint density at radius 2 is 1.32 bits per heavy atom. The summed E-state index contributed by atoms with van der Waals surface area (Å²) in [4.78, 5) is 0. The minimum atomic E-state index is 0.0634. The highest BCUT2D eigenvalue weighted by atomic mass is 16.3. The first-order chi connectivity index (χ1) is 13.7. The molecule has 0 saturated carbocycles. The van der Waals surface area contributed by atoms with Gasteiger partial charge in [-0.15, -0.1) is 0 Å². The number of nitrogens with zero attached hydrogens (tertiary/aromatic N) is 4. The molecular weight excluding hydrogens is 348 g/mol. The van der Waals surface area contributed by atoms with Gasteiger partial charge in [0.25, 0.3) is 0 Å². The topological polar surface area (TPSA) is 53.6 Å². The smallest absolute Gasteiger partial charge is 0.223 e. The molecule has 0 fully saturated rings. The van der Waals surface area contributed by atoms with Gasteiger partial charge in [-0.3, -0.25) is 0 Å². The zero-order valence-electron chi connectivity index (χ0n) is 15.5. The van der Waals surface area contributed by atoms with Crippen LogP contribution in [0.1, 0.15) is 11.3 Å². The van der Waals surface area contributed by atoms with Crippen molar-refractivity contribution >= 4 is 17.6 Å². The molecule has 1 N–H and O–H groups in total. The molecule has 0 radical (unpaired) electrons. The van der Waals surface area contributed by atoms with Gasteiger partial charge in [0.1, 0.15) is 0 Å². The number of hydrazone groups is 1. The SMILES string of the molecule is Cc1nn(-c2ccccc2)c(O)c1/C=N/N(c1ccccc1)c1ccccc1. The molecule has 0 aliphatic rings. The largest absolute Gasteiger partial charge is 0.493 e. The van der Waals surface area contributed by atoms with E-state index in [1.165, 1.54) is 4.68 Å². The molecule has 3 aromatic carbocycles. The second-order valence-corrected chi connectivity index (χ2v) is 6.30. The molecule has 0 atom stereocenters. The highest BCUT2D eigenvalue weighted by Gasteiger charge is 2.15. The molecule has 28 heavy (non-hydrogen) atoms. The zero-order valence-corrected chi connectivity index (χ0v) is 15.5. The first-order valence-corrected chi connectivity index (χ1v) is 9.02. The third-order valence-electron chi connectivity index (χ3n) is 4.39. The number of aryl methyl sites for hydroxylation is 1. The molecule has 0 unspecified atom stereocenters. The fraction of sp³-hybridized carbons (Fsp3) is 0.0435. The normalized spacial score (nSPS) is 11.0. The summed E-state index contributed by atoms with van der Waals surface area (Å²) in [5.74, 6) is 0.0634. The van der Waals surface area contributed by atoms with Crippen LogP contribution in [0.2, 0.25) is 0 Å². The summed E-state index contributed by atoms with van der Waals surface area (Å²) in [5, 5.41) is 21.7. The molecule has 0 bridgehead atoms. The summed E-state index contributed by atoms with van der Waals surface area (Å²) in [6, 6.07) is 29.3. The average molecular weight is 368 g/mol. The average Bonchev–Trinajstić information content (AvgIpc) is 3.04. The summed E-state index contributed by atoms with van der Waals surface area (Å²) in [6.45, 7) is 1.86. The lowest BCUT2D eigenvalue weighted by atomic mass is 10.2. The summed E-state index contributed by atoms with van der Waals surface area (Å²) in [6.07, 6.45) is 1.65. The van der Waals surface area contributed by atoms with E-state index >= 15 is 0 Å². The Morgan fingerprint density at radius 3 is 1.86 bits per heavy atom. The van der Waals surface area contributed by atoms with Gasteiger partial charge in [0, 0.05) is 0 Å². The maximum absolute atomic E-state index is 10.7. The lowest BCUT2D eigenvalue weighted by Gasteiger charge is -2.19. The van der Waals surface area contributed by atoms with Crippen LogP contribution in [0.25, 0.3) is 5.69 Å². The van der Waals surface area contributed by atoms with Crippen molar-refractivity contribution in [1.82, 2.24) is 9.78 Å². The maximum atomic E-state index is 10.7. The number of hydrogen-bond donors (Lipinski definition) is 1. The quantitative estimate of drug-likeness (QED) is 0.396. The van der Waals surface area contributed by atoms with Crippen LogP contribution in [0, 0.1) is 6.92 Å². The molecular formula is C23H20N4O. The minimum absolute atomic E-state index is 0.0634. The van der Waals surface area contributed by atoms with Crippen LogP contribution in [0.15, 0.2) is 96.1 Å². The Kier molecular flexibility index (Phi) is 4.89. The Bertz CT molecular complexity index is 1030. The standard InChI is InChI=1S/C23H20N4O/c1-18-22(23(28)27(25-18)21-15-9-4-10-16-21)17-24-26(19-11-5-2-6-12-19)20-13-7-3-8-14-20/h2-17,28H,1H3/b24-17+. The zero-order chi connectivity index (χ0) is 19.3. The van der Waals surface area contributed by atoms with Crippen LogP contribution >= 0.6 is 0 Å². The van der Waals surface area contributed by atoms with E-state index in [1.54, 1.807) is 6.21 Å². The van der Waals surface area contributed by atoms with Gasteiger partial charge in [0.15, 0.2) is 0 Å². The van der Waals surface area contributed by atoms with E-state index in [-0.39, 0.29) is 5.88 Å². The molecule has 1 heterocycles. The number of anilines is 2. The van der Waals surface area contributed by atoms with Crippen molar-refractivity contribution in [2.45, 2.75) is 6.92 Å². The number of rotatable bonds is 5. The molecule has 5 heteroatoms. The van der Waals surface area contributed by atoms with E-state index in [0.717, 1.165) is 17.1 Å². The Labute approximate surface area is 163 Å². The van der Waals surface area contributed by atoms with E-state index in [2.05, 4.69) is 10.2 Å². The predicted molar refractivity (Wildman–Crippen MR) is 113 cm³/mol. The third kappa shape index (κ3) is 3.50. The second-order valence-electron chi connectivity index (χ2n) is 6.30. The third-order valence-corrected chi connectivity index (χ3v) is 4.39. The molecule has 138 valence electrons. The van der Waals surface area contributed by atoms with Crippen LogP contribution in [0.5, 0.6) is 5.88 Å². The van der Waals surface area contributed by atoms with Gasteiger partial charge < -0.3 is 5.11 Å². The van der Waals surface area contributed by atoms with E-state index in [0.29, 0.717) is 11.3 Å². The predicted octanol–water partition coefficient (Wildman–Crippen LogP) is 5.06. The van der Waals surface area contributed by atoms with Gasteiger partial charge >= 0.3 is 0 Å². The van der Waals surface area contributed by atoms with Crippen molar-refractivity contribution in [3.63, 3.8) is 0 Å². The Balaban J connectivity index is 1.73. The number of para-hydroxylation sites is 3. The second kappa shape index (κ2) is 7.80. The molecule has 0 saturated heterocycles. The van der Waals surface area contributed by atoms with Gasteiger partial charge in [-0.25, -0.2) is 9.69 Å². The van der Waals surface area contributed by atoms with Crippen LogP contribution in [0.4, 0.5) is 11.4 Å². The number of benzene rings is 3. The van der Waals surface area contributed by atoms with Crippen molar-refractivity contribution in [2.24, 2.45) is 5.10 Å². The van der Waals surface area contributed by atoms with Crippen molar-refractivity contribution < 1.29 is 5.11 Å². The van der Waals surface area contributed by atoms with Crippen LogP contribution < -0.4 is 5.01 Å². The fourth-order valence-corrected chi connectivity index (χ4v) is 2.96. The van der Waals surface area contributed by atoms with Gasteiger partial charge in [-0.05, 0) is 43.3 Å². The van der Waals surface area contributed by atoms with Crippen molar-refractivity contribution in [3.05, 3.63) is 102 Å². The molecule has 0 aliphatic carbocycles. The molecule has 0 amide bonds. The van der Waals surface area contributed by atoms with Gasteiger partial charge in [0.2, 0.25) is 5.88 Å². The molecule has 0 spiro atoms. The summed E-state index contributed by atoms with van der Waals surface area (Å²) in [5.41, 5.74) is 3.94. The summed E-state index contributed by atoms with van der Waals surface area (Å²) >= 11 is 0. The van der Waals surface area contributed by atoms with Crippen LogP contribution in [0.3, 0.4) is 0 Å². The van der Waals surface area contributed by atoms with E-state index in [9.17, 15) is 5.11 Å². The monoisotopic (exact) mass is 368 g/mol. The number of aromatic nitrogens is 2. The molecule has 1 aromatic heterocycles. The minimum Gasteiger partial charge on any atom is -0.493 e. The van der Waals surface area contributed by atoms with Crippen molar-refractivity contribution in [3.8, 4) is 11.6 Å². The molecule has 4 aromatic rings. The molecule has 5 nitrogen and oxygen atoms in total.